The molecule has 2 atom stereocenters. The van der Waals surface area contributed by atoms with Crippen LogP contribution in [0.2, 0.25) is 0 Å². The summed E-state index contributed by atoms with van der Waals surface area (Å²) >= 11 is 1.68. The van der Waals surface area contributed by atoms with Gasteiger partial charge in [-0.15, -0.1) is 11.3 Å². The zero-order chi connectivity index (χ0) is 22.0. The second-order valence-electron chi connectivity index (χ2n) is 8.65. The Labute approximate surface area is 198 Å². The van der Waals surface area contributed by atoms with E-state index >= 15 is 0 Å². The molecule has 1 aliphatic carbocycles. The number of hydrogen-bond acceptors (Lipinski definition) is 4. The Bertz CT molecular complexity index is 1290. The van der Waals surface area contributed by atoms with Gasteiger partial charge < -0.3 is 0 Å². The van der Waals surface area contributed by atoms with Gasteiger partial charge in [0.15, 0.2) is 0 Å². The summed E-state index contributed by atoms with van der Waals surface area (Å²) in [4.78, 5) is 5.02. The Kier molecular flexibility index (Phi) is 5.37. The number of aromatic nitrogens is 1. The van der Waals surface area contributed by atoms with Crippen LogP contribution in [-0.2, 0) is 0 Å². The van der Waals surface area contributed by atoms with Crippen molar-refractivity contribution in [3.8, 4) is 11.3 Å². The minimum Gasteiger partial charge on any atom is -0.231 e. The molecule has 2 aliphatic rings. The van der Waals surface area contributed by atoms with Crippen molar-refractivity contribution in [2.45, 2.75) is 25.3 Å². The van der Waals surface area contributed by atoms with E-state index in [-0.39, 0.29) is 6.04 Å². The maximum atomic E-state index is 5.25. The van der Waals surface area contributed by atoms with Crippen LogP contribution in [0.5, 0.6) is 0 Å². The molecule has 1 saturated carbocycles. The number of nitrogens with zero attached hydrogens (tertiary/aromatic N) is 3. The Morgan fingerprint density at radius 1 is 0.848 bits per heavy atom. The smallest absolute Gasteiger partial charge is 0.207 e. The molecule has 0 spiro atoms. The SMILES string of the molecule is C(=C1/CCC[C@@H]2C1=NN(c1nc(-c3ccccc3)cs1)[C@@H]2c1ccccc1)/c1ccccc1. The fraction of sp³-hybridized carbons (Fsp3) is 0.172. The first-order valence-corrected chi connectivity index (χ1v) is 12.4. The number of fused-ring (bicyclic) bond motifs is 1. The van der Waals surface area contributed by atoms with Crippen LogP contribution in [0.3, 0.4) is 0 Å². The van der Waals surface area contributed by atoms with Gasteiger partial charge in [-0.2, -0.15) is 5.10 Å². The highest BCUT2D eigenvalue weighted by Crippen LogP contribution is 2.47. The van der Waals surface area contributed by atoms with Crippen molar-refractivity contribution in [1.82, 2.24) is 4.98 Å². The minimum absolute atomic E-state index is 0.176. The number of benzene rings is 3. The van der Waals surface area contributed by atoms with E-state index in [1.807, 2.05) is 6.07 Å². The molecule has 33 heavy (non-hydrogen) atoms. The van der Waals surface area contributed by atoms with E-state index in [1.165, 1.54) is 28.8 Å². The van der Waals surface area contributed by atoms with Gasteiger partial charge in [0.05, 0.1) is 17.4 Å². The molecule has 0 radical (unpaired) electrons. The molecule has 0 amide bonds. The fourth-order valence-electron chi connectivity index (χ4n) is 5.00. The molecular formula is C29H25N3S. The number of hydrogen-bond donors (Lipinski definition) is 0. The highest BCUT2D eigenvalue weighted by molar-refractivity contribution is 7.14. The normalized spacial score (nSPS) is 21.2. The highest BCUT2D eigenvalue weighted by atomic mass is 32.1. The van der Waals surface area contributed by atoms with E-state index in [4.69, 9.17) is 10.1 Å². The third kappa shape index (κ3) is 3.91. The largest absolute Gasteiger partial charge is 0.231 e. The summed E-state index contributed by atoms with van der Waals surface area (Å²) in [6.07, 6.45) is 5.74. The van der Waals surface area contributed by atoms with Crippen LogP contribution in [-0.4, -0.2) is 10.7 Å². The lowest BCUT2D eigenvalue weighted by atomic mass is 9.77. The molecule has 162 valence electrons. The number of anilines is 1. The predicted octanol–water partition coefficient (Wildman–Crippen LogP) is 7.61. The van der Waals surface area contributed by atoms with Gasteiger partial charge in [-0.25, -0.2) is 9.99 Å². The van der Waals surface area contributed by atoms with E-state index < -0.39 is 0 Å². The fourth-order valence-corrected chi connectivity index (χ4v) is 5.82. The van der Waals surface area contributed by atoms with Crippen LogP contribution in [0.15, 0.2) is 107 Å². The third-order valence-corrected chi connectivity index (χ3v) is 7.37. The summed E-state index contributed by atoms with van der Waals surface area (Å²) in [5, 5.41) is 10.6. The number of rotatable bonds is 4. The van der Waals surface area contributed by atoms with Crippen LogP contribution >= 0.6 is 11.3 Å². The topological polar surface area (TPSA) is 28.5 Å². The van der Waals surface area contributed by atoms with Gasteiger partial charge in [-0.05, 0) is 42.0 Å². The Morgan fingerprint density at radius 2 is 1.55 bits per heavy atom. The summed E-state index contributed by atoms with van der Waals surface area (Å²) in [6, 6.07) is 32.0. The lowest BCUT2D eigenvalue weighted by molar-refractivity contribution is 0.487. The van der Waals surface area contributed by atoms with Crippen LogP contribution in [0.25, 0.3) is 17.3 Å². The number of hydrazone groups is 1. The lowest BCUT2D eigenvalue weighted by Crippen LogP contribution is -2.28. The quantitative estimate of drug-likeness (QED) is 0.322. The highest BCUT2D eigenvalue weighted by Gasteiger charge is 2.42. The molecule has 6 rings (SSSR count). The van der Waals surface area contributed by atoms with Crippen molar-refractivity contribution in [2.24, 2.45) is 11.0 Å². The molecule has 3 aromatic carbocycles. The van der Waals surface area contributed by atoms with Crippen molar-refractivity contribution in [1.29, 1.82) is 0 Å². The van der Waals surface area contributed by atoms with Crippen molar-refractivity contribution < 1.29 is 0 Å². The maximum absolute atomic E-state index is 5.25. The van der Waals surface area contributed by atoms with E-state index in [9.17, 15) is 0 Å². The van der Waals surface area contributed by atoms with E-state index in [0.29, 0.717) is 5.92 Å². The first kappa shape index (κ1) is 20.1. The van der Waals surface area contributed by atoms with E-state index in [0.717, 1.165) is 29.2 Å². The summed E-state index contributed by atoms with van der Waals surface area (Å²) in [5.41, 5.74) is 7.30. The second-order valence-corrected chi connectivity index (χ2v) is 9.48. The van der Waals surface area contributed by atoms with Crippen molar-refractivity contribution in [3.63, 3.8) is 0 Å². The molecule has 0 N–H and O–H groups in total. The molecule has 3 nitrogen and oxygen atoms in total. The maximum Gasteiger partial charge on any atom is 0.207 e. The zero-order valence-electron chi connectivity index (χ0n) is 18.3. The summed E-state index contributed by atoms with van der Waals surface area (Å²) in [7, 11) is 0. The third-order valence-electron chi connectivity index (χ3n) is 6.54. The van der Waals surface area contributed by atoms with Gasteiger partial charge in [0.2, 0.25) is 5.13 Å². The molecular weight excluding hydrogens is 422 g/mol. The predicted molar refractivity (Wildman–Crippen MR) is 138 cm³/mol. The van der Waals surface area contributed by atoms with Gasteiger partial charge in [0.25, 0.3) is 0 Å². The summed E-state index contributed by atoms with van der Waals surface area (Å²) < 4.78 is 0. The van der Waals surface area contributed by atoms with Gasteiger partial charge in [-0.3, -0.25) is 0 Å². The average Bonchev–Trinajstić information content (AvgIpc) is 3.52. The van der Waals surface area contributed by atoms with Crippen LogP contribution in [0.4, 0.5) is 5.13 Å². The van der Waals surface area contributed by atoms with Gasteiger partial charge >= 0.3 is 0 Å². The average molecular weight is 448 g/mol. The standard InChI is InChI=1S/C29H25N3S/c1-4-11-21(12-5-1)19-24-17-10-18-25-27(24)31-32(28(25)23-15-8-3-9-16-23)29-30-26(20-33-29)22-13-6-2-7-14-22/h1-9,11-16,19-20,25,28H,10,17-18H2/b24-19+/t25-,28-/m1/s1. The van der Waals surface area contributed by atoms with Crippen molar-refractivity contribution in [2.75, 3.05) is 5.01 Å². The molecule has 1 aliphatic heterocycles. The van der Waals surface area contributed by atoms with Gasteiger partial charge in [0, 0.05) is 16.9 Å². The summed E-state index contributed by atoms with van der Waals surface area (Å²) in [5.74, 6) is 0.375. The van der Waals surface area contributed by atoms with Crippen molar-refractivity contribution in [3.05, 3.63) is 113 Å². The Hall–Kier alpha value is -3.50. The van der Waals surface area contributed by atoms with Gasteiger partial charge in [-0.1, -0.05) is 91.0 Å². The second kappa shape index (κ2) is 8.80. The van der Waals surface area contributed by atoms with E-state index in [2.05, 4.69) is 101 Å². The number of thiazole rings is 1. The first-order valence-electron chi connectivity index (χ1n) is 11.6. The van der Waals surface area contributed by atoms with E-state index in [1.54, 1.807) is 11.3 Å². The lowest BCUT2D eigenvalue weighted by Gasteiger charge is -2.29. The molecule has 4 heteroatoms. The minimum atomic E-state index is 0.176. The van der Waals surface area contributed by atoms with Crippen LogP contribution < -0.4 is 5.01 Å². The molecule has 4 aromatic rings. The Balaban J connectivity index is 1.43. The molecule has 0 unspecified atom stereocenters. The van der Waals surface area contributed by atoms with Crippen molar-refractivity contribution >= 4 is 28.3 Å². The summed E-state index contributed by atoms with van der Waals surface area (Å²) in [6.45, 7) is 0. The molecule has 0 bridgehead atoms. The monoisotopic (exact) mass is 447 g/mol. The molecule has 2 heterocycles. The van der Waals surface area contributed by atoms with Crippen LogP contribution in [0, 0.1) is 5.92 Å². The molecule has 0 saturated heterocycles. The van der Waals surface area contributed by atoms with Gasteiger partial charge in [0.1, 0.15) is 0 Å². The molecule has 1 aromatic heterocycles. The Morgan fingerprint density at radius 3 is 2.30 bits per heavy atom. The number of allylic oxidation sites excluding steroid dienone is 1. The zero-order valence-corrected chi connectivity index (χ0v) is 19.2. The van der Waals surface area contributed by atoms with Crippen LogP contribution in [0.1, 0.15) is 36.4 Å². The molecule has 1 fully saturated rings. The first-order chi connectivity index (χ1) is 16.4.